The molecule has 27 heavy (non-hydrogen) atoms. The van der Waals surface area contributed by atoms with Crippen LogP contribution in [0.15, 0.2) is 47.4 Å². The highest BCUT2D eigenvalue weighted by molar-refractivity contribution is 7.99. The number of carbonyl (C=O) groups is 1. The van der Waals surface area contributed by atoms with E-state index in [0.29, 0.717) is 6.10 Å². The number of nitrogens with zero attached hydrogens (tertiary/aromatic N) is 1. The van der Waals surface area contributed by atoms with E-state index in [1.165, 1.54) is 5.56 Å². The summed E-state index contributed by atoms with van der Waals surface area (Å²) in [6.07, 6.45) is 4.51. The Balaban J connectivity index is 1.57. The average Bonchev–Trinajstić information content (AvgIpc) is 3.24. The third kappa shape index (κ3) is 3.99. The van der Waals surface area contributed by atoms with Crippen LogP contribution in [0.4, 0.5) is 5.69 Å². The maximum Gasteiger partial charge on any atom is 0.259 e. The van der Waals surface area contributed by atoms with Crippen LogP contribution in [0, 0.1) is 0 Å². The van der Waals surface area contributed by atoms with Crippen molar-refractivity contribution in [2.24, 2.45) is 0 Å². The van der Waals surface area contributed by atoms with Crippen molar-refractivity contribution in [3.05, 3.63) is 53.6 Å². The topological polar surface area (TPSA) is 38.8 Å². The van der Waals surface area contributed by atoms with Crippen LogP contribution in [-0.4, -0.2) is 38.0 Å². The molecule has 2 heterocycles. The predicted octanol–water partition coefficient (Wildman–Crippen LogP) is 4.56. The minimum atomic E-state index is 0.0801. The van der Waals surface area contributed by atoms with Gasteiger partial charge in [0.1, 0.15) is 5.75 Å². The first-order chi connectivity index (χ1) is 13.3. The maximum absolute atomic E-state index is 13.4. The molecular formula is C22H25NO3S. The lowest BCUT2D eigenvalue weighted by atomic mass is 10.0. The second-order valence-corrected chi connectivity index (χ2v) is 8.06. The molecule has 0 aliphatic carbocycles. The van der Waals surface area contributed by atoms with Gasteiger partial charge in [0.2, 0.25) is 0 Å². The molecule has 2 aliphatic heterocycles. The zero-order valence-corrected chi connectivity index (χ0v) is 16.5. The van der Waals surface area contributed by atoms with Gasteiger partial charge in [-0.15, -0.1) is 11.8 Å². The summed E-state index contributed by atoms with van der Waals surface area (Å²) in [6, 6.07) is 13.9. The molecule has 2 aliphatic rings. The number of ether oxygens (including phenoxy) is 2. The number of benzene rings is 2. The standard InChI is InChI=1S/C22H25NO3S/c1-25-17-10-11-20-16(14-17)6-4-12-23(20)22(24)19-8-2-3-9-21(19)27-15-18-7-5-13-26-18/h2-3,8-11,14,18H,4-7,12-13,15H2,1H3/t18-/m0/s1. The smallest absolute Gasteiger partial charge is 0.259 e. The Morgan fingerprint density at radius 1 is 1.26 bits per heavy atom. The third-order valence-corrected chi connectivity index (χ3v) is 6.42. The largest absolute Gasteiger partial charge is 0.497 e. The molecule has 0 saturated carbocycles. The molecule has 0 radical (unpaired) electrons. The molecule has 1 amide bonds. The molecule has 1 atom stereocenters. The SMILES string of the molecule is COc1ccc2c(c1)CCCN2C(=O)c1ccccc1SC[C@@H]1CCCO1. The van der Waals surface area contributed by atoms with E-state index in [9.17, 15) is 4.79 Å². The first-order valence-corrected chi connectivity index (χ1v) is 10.6. The Kier molecular flexibility index (Phi) is 5.69. The van der Waals surface area contributed by atoms with E-state index in [-0.39, 0.29) is 5.91 Å². The highest BCUT2D eigenvalue weighted by atomic mass is 32.2. The molecule has 0 spiro atoms. The molecule has 0 aromatic heterocycles. The summed E-state index contributed by atoms with van der Waals surface area (Å²) in [4.78, 5) is 16.3. The van der Waals surface area contributed by atoms with Crippen molar-refractivity contribution in [1.29, 1.82) is 0 Å². The fraction of sp³-hybridized carbons (Fsp3) is 0.409. The van der Waals surface area contributed by atoms with Crippen LogP contribution >= 0.6 is 11.8 Å². The number of anilines is 1. The lowest BCUT2D eigenvalue weighted by Gasteiger charge is -2.30. The molecule has 1 saturated heterocycles. The van der Waals surface area contributed by atoms with Crippen molar-refractivity contribution in [3.63, 3.8) is 0 Å². The summed E-state index contributed by atoms with van der Waals surface area (Å²) in [7, 11) is 1.68. The van der Waals surface area contributed by atoms with Crippen LogP contribution in [0.5, 0.6) is 5.75 Å². The number of rotatable bonds is 5. The number of amides is 1. The monoisotopic (exact) mass is 383 g/mol. The quantitative estimate of drug-likeness (QED) is 0.710. The van der Waals surface area contributed by atoms with Crippen LogP contribution in [0.25, 0.3) is 0 Å². The summed E-state index contributed by atoms with van der Waals surface area (Å²) in [6.45, 7) is 1.61. The summed E-state index contributed by atoms with van der Waals surface area (Å²) in [5.41, 5.74) is 2.97. The maximum atomic E-state index is 13.4. The summed E-state index contributed by atoms with van der Waals surface area (Å²) in [5.74, 6) is 1.82. The molecule has 2 aromatic rings. The third-order valence-electron chi connectivity index (χ3n) is 5.22. The van der Waals surface area contributed by atoms with Crippen LogP contribution in [0.2, 0.25) is 0 Å². The van der Waals surface area contributed by atoms with Gasteiger partial charge in [-0.25, -0.2) is 0 Å². The van der Waals surface area contributed by atoms with Gasteiger partial charge in [0.25, 0.3) is 5.91 Å². The number of methoxy groups -OCH3 is 1. The fourth-order valence-corrected chi connectivity index (χ4v) is 4.90. The number of aryl methyl sites for hydroxylation is 1. The molecule has 0 N–H and O–H groups in total. The van der Waals surface area contributed by atoms with Gasteiger partial charge >= 0.3 is 0 Å². The van der Waals surface area contributed by atoms with E-state index in [4.69, 9.17) is 9.47 Å². The van der Waals surface area contributed by atoms with Gasteiger partial charge in [-0.2, -0.15) is 0 Å². The van der Waals surface area contributed by atoms with Crippen molar-refractivity contribution in [1.82, 2.24) is 0 Å². The number of fused-ring (bicyclic) bond motifs is 1. The van der Waals surface area contributed by atoms with Crippen LogP contribution < -0.4 is 9.64 Å². The fourth-order valence-electron chi connectivity index (χ4n) is 3.78. The zero-order chi connectivity index (χ0) is 18.6. The number of hydrogen-bond acceptors (Lipinski definition) is 4. The molecule has 1 fully saturated rings. The first kappa shape index (κ1) is 18.4. The van der Waals surface area contributed by atoms with Gasteiger partial charge in [0.05, 0.1) is 18.8 Å². The summed E-state index contributed by atoms with van der Waals surface area (Å²) >= 11 is 1.73. The Labute approximate surface area is 164 Å². The lowest BCUT2D eigenvalue weighted by molar-refractivity contribution is 0.0982. The van der Waals surface area contributed by atoms with E-state index < -0.39 is 0 Å². The van der Waals surface area contributed by atoms with E-state index in [0.717, 1.165) is 66.5 Å². The van der Waals surface area contributed by atoms with Gasteiger partial charge in [-0.3, -0.25) is 4.79 Å². The Hall–Kier alpha value is -1.98. The van der Waals surface area contributed by atoms with Crippen molar-refractivity contribution < 1.29 is 14.3 Å². The molecular weight excluding hydrogens is 358 g/mol. The van der Waals surface area contributed by atoms with Crippen molar-refractivity contribution in [2.75, 3.05) is 30.9 Å². The van der Waals surface area contributed by atoms with Gasteiger partial charge in [-0.05, 0) is 61.6 Å². The number of thioether (sulfide) groups is 1. The second-order valence-electron chi connectivity index (χ2n) is 7.00. The highest BCUT2D eigenvalue weighted by Crippen LogP contribution is 2.33. The molecule has 4 nitrogen and oxygen atoms in total. The average molecular weight is 384 g/mol. The summed E-state index contributed by atoms with van der Waals surface area (Å²) < 4.78 is 11.1. The van der Waals surface area contributed by atoms with Gasteiger partial charge < -0.3 is 14.4 Å². The number of hydrogen-bond donors (Lipinski definition) is 0. The number of carbonyl (C=O) groups excluding carboxylic acids is 1. The van der Waals surface area contributed by atoms with Crippen molar-refractivity contribution in [3.8, 4) is 5.75 Å². The predicted molar refractivity (Wildman–Crippen MR) is 109 cm³/mol. The van der Waals surface area contributed by atoms with E-state index in [1.807, 2.05) is 47.4 Å². The van der Waals surface area contributed by atoms with Gasteiger partial charge in [-0.1, -0.05) is 12.1 Å². The summed E-state index contributed by atoms with van der Waals surface area (Å²) in [5, 5.41) is 0. The van der Waals surface area contributed by atoms with Gasteiger partial charge in [0, 0.05) is 29.5 Å². The highest BCUT2D eigenvalue weighted by Gasteiger charge is 2.26. The zero-order valence-electron chi connectivity index (χ0n) is 15.6. The second kappa shape index (κ2) is 8.36. The minimum absolute atomic E-state index is 0.0801. The van der Waals surface area contributed by atoms with Crippen LogP contribution in [0.1, 0.15) is 35.2 Å². The normalized spacial score (nSPS) is 19.0. The molecule has 4 rings (SSSR count). The van der Waals surface area contributed by atoms with Crippen LogP contribution in [-0.2, 0) is 11.2 Å². The van der Waals surface area contributed by atoms with E-state index in [2.05, 4.69) is 0 Å². The Bertz CT molecular complexity index is 817. The van der Waals surface area contributed by atoms with Crippen molar-refractivity contribution in [2.45, 2.75) is 36.7 Å². The minimum Gasteiger partial charge on any atom is -0.497 e. The molecule has 2 aromatic carbocycles. The van der Waals surface area contributed by atoms with Gasteiger partial charge in [0.15, 0.2) is 0 Å². The Morgan fingerprint density at radius 2 is 2.15 bits per heavy atom. The Morgan fingerprint density at radius 3 is 2.96 bits per heavy atom. The van der Waals surface area contributed by atoms with E-state index in [1.54, 1.807) is 18.9 Å². The molecule has 0 bridgehead atoms. The van der Waals surface area contributed by atoms with Crippen LogP contribution in [0.3, 0.4) is 0 Å². The first-order valence-electron chi connectivity index (χ1n) is 9.58. The molecule has 5 heteroatoms. The van der Waals surface area contributed by atoms with E-state index >= 15 is 0 Å². The molecule has 142 valence electrons. The lowest BCUT2D eigenvalue weighted by Crippen LogP contribution is -2.35. The molecule has 0 unspecified atom stereocenters. The van der Waals surface area contributed by atoms with Crippen molar-refractivity contribution >= 4 is 23.4 Å².